The first kappa shape index (κ1) is 18.7. The molecule has 0 unspecified atom stereocenters. The summed E-state index contributed by atoms with van der Waals surface area (Å²) in [6.07, 6.45) is 3.31. The van der Waals surface area contributed by atoms with Crippen molar-refractivity contribution in [2.45, 2.75) is 31.1 Å². The number of nitrogens with one attached hydrogen (secondary N) is 1. The van der Waals surface area contributed by atoms with Crippen molar-refractivity contribution in [2.75, 3.05) is 33.3 Å². The summed E-state index contributed by atoms with van der Waals surface area (Å²) in [6.45, 7) is 5.94. The molecule has 0 aliphatic carbocycles. The number of hydrogen-bond acceptors (Lipinski definition) is 4. The topological polar surface area (TPSA) is 58.6 Å². The highest BCUT2D eigenvalue weighted by Crippen LogP contribution is 2.27. The summed E-state index contributed by atoms with van der Waals surface area (Å²) in [5.74, 6) is 1.43. The van der Waals surface area contributed by atoms with E-state index in [-0.39, 0.29) is 4.90 Å². The highest BCUT2D eigenvalue weighted by atomic mass is 79.9. The van der Waals surface area contributed by atoms with Crippen LogP contribution in [0.15, 0.2) is 27.6 Å². The molecule has 5 nitrogen and oxygen atoms in total. The molecule has 1 N–H and O–H groups in total. The van der Waals surface area contributed by atoms with Crippen LogP contribution < -0.4 is 9.46 Å². The van der Waals surface area contributed by atoms with Crippen LogP contribution in [0.2, 0.25) is 0 Å². The maximum atomic E-state index is 12.3. The van der Waals surface area contributed by atoms with Gasteiger partial charge in [0, 0.05) is 6.54 Å². The molecule has 0 bridgehead atoms. The van der Waals surface area contributed by atoms with Crippen molar-refractivity contribution in [3.8, 4) is 5.75 Å². The van der Waals surface area contributed by atoms with Gasteiger partial charge in [0.2, 0.25) is 10.0 Å². The van der Waals surface area contributed by atoms with Gasteiger partial charge in [0.05, 0.1) is 16.5 Å². The molecule has 130 valence electrons. The van der Waals surface area contributed by atoms with Crippen LogP contribution in [-0.4, -0.2) is 46.6 Å². The molecule has 23 heavy (non-hydrogen) atoms. The predicted molar refractivity (Wildman–Crippen MR) is 95.3 cm³/mol. The Bertz CT molecular complexity index is 614. The Kier molecular flexibility index (Phi) is 6.88. The molecule has 1 aromatic carbocycles. The normalized spacial score (nSPS) is 17.3. The molecule has 0 saturated carbocycles. The van der Waals surface area contributed by atoms with E-state index in [1.807, 2.05) is 0 Å². The minimum Gasteiger partial charge on any atom is -0.496 e. The zero-order valence-corrected chi connectivity index (χ0v) is 16.1. The summed E-state index contributed by atoms with van der Waals surface area (Å²) in [6, 6.07) is 4.76. The van der Waals surface area contributed by atoms with Gasteiger partial charge in [-0.2, -0.15) is 0 Å². The molecule has 0 atom stereocenters. The second-order valence-electron chi connectivity index (χ2n) is 6.07. The van der Waals surface area contributed by atoms with Crippen molar-refractivity contribution in [3.05, 3.63) is 22.7 Å². The van der Waals surface area contributed by atoms with Crippen molar-refractivity contribution in [3.63, 3.8) is 0 Å². The predicted octanol–water partition coefficient (Wildman–Crippen LogP) is 2.86. The molecule has 0 radical (unpaired) electrons. The molecule has 0 amide bonds. The quantitative estimate of drug-likeness (QED) is 0.709. The smallest absolute Gasteiger partial charge is 0.240 e. The number of halogens is 1. The molecule has 1 aliphatic heterocycles. The monoisotopic (exact) mass is 404 g/mol. The summed E-state index contributed by atoms with van der Waals surface area (Å²) >= 11 is 3.31. The maximum Gasteiger partial charge on any atom is 0.240 e. The first-order valence-electron chi connectivity index (χ1n) is 7.98. The van der Waals surface area contributed by atoms with Crippen molar-refractivity contribution >= 4 is 26.0 Å². The Balaban J connectivity index is 1.81. The van der Waals surface area contributed by atoms with Gasteiger partial charge < -0.3 is 9.64 Å². The lowest BCUT2D eigenvalue weighted by Gasteiger charge is -2.30. The number of likely N-dealkylation sites (tertiary alicyclic amines) is 1. The first-order valence-corrected chi connectivity index (χ1v) is 10.3. The van der Waals surface area contributed by atoms with Crippen LogP contribution in [0, 0.1) is 5.92 Å². The fourth-order valence-electron chi connectivity index (χ4n) is 2.69. The van der Waals surface area contributed by atoms with Crippen LogP contribution >= 0.6 is 15.9 Å². The largest absolute Gasteiger partial charge is 0.496 e. The van der Waals surface area contributed by atoms with Gasteiger partial charge in [0.1, 0.15) is 5.75 Å². The van der Waals surface area contributed by atoms with Crippen LogP contribution in [-0.2, 0) is 10.0 Å². The lowest BCUT2D eigenvalue weighted by Crippen LogP contribution is -2.35. The van der Waals surface area contributed by atoms with Gasteiger partial charge in [0.15, 0.2) is 0 Å². The lowest BCUT2D eigenvalue weighted by molar-refractivity contribution is 0.191. The molecule has 7 heteroatoms. The van der Waals surface area contributed by atoms with E-state index in [1.165, 1.54) is 12.8 Å². The number of rotatable bonds is 7. The Hall–Kier alpha value is -0.630. The summed E-state index contributed by atoms with van der Waals surface area (Å²) in [5.41, 5.74) is 0. The van der Waals surface area contributed by atoms with E-state index in [1.54, 1.807) is 25.3 Å². The third kappa shape index (κ3) is 5.45. The minimum atomic E-state index is -3.47. The fraction of sp³-hybridized carbons (Fsp3) is 0.625. The number of methoxy groups -OCH3 is 1. The summed E-state index contributed by atoms with van der Waals surface area (Å²) in [4.78, 5) is 2.66. The summed E-state index contributed by atoms with van der Waals surface area (Å²) in [5, 5.41) is 0. The fourth-order valence-corrected chi connectivity index (χ4v) is 4.48. The second-order valence-corrected chi connectivity index (χ2v) is 8.69. The summed E-state index contributed by atoms with van der Waals surface area (Å²) in [7, 11) is -1.92. The Morgan fingerprint density at radius 2 is 2.04 bits per heavy atom. The molecular formula is C16H25BrN2O3S. The second kappa shape index (κ2) is 8.46. The third-order valence-corrected chi connectivity index (χ3v) is 6.33. The van der Waals surface area contributed by atoms with Gasteiger partial charge in [-0.05, 0) is 78.9 Å². The molecule has 1 fully saturated rings. The van der Waals surface area contributed by atoms with E-state index in [9.17, 15) is 8.42 Å². The first-order chi connectivity index (χ1) is 10.9. The Labute approximate surface area is 147 Å². The highest BCUT2D eigenvalue weighted by Gasteiger charge is 2.17. The average molecular weight is 405 g/mol. The van der Waals surface area contributed by atoms with Crippen LogP contribution in [0.1, 0.15) is 26.2 Å². The average Bonchev–Trinajstić information content (AvgIpc) is 2.53. The van der Waals surface area contributed by atoms with Crippen molar-refractivity contribution < 1.29 is 13.2 Å². The Morgan fingerprint density at radius 1 is 1.35 bits per heavy atom. The van der Waals surface area contributed by atoms with E-state index in [0.717, 1.165) is 32.0 Å². The molecule has 1 heterocycles. The molecule has 1 saturated heterocycles. The zero-order valence-electron chi connectivity index (χ0n) is 13.7. The van der Waals surface area contributed by atoms with Crippen LogP contribution in [0.3, 0.4) is 0 Å². The van der Waals surface area contributed by atoms with Gasteiger partial charge in [-0.3, -0.25) is 0 Å². The molecular weight excluding hydrogens is 380 g/mol. The Morgan fingerprint density at radius 3 is 2.65 bits per heavy atom. The number of nitrogens with zero attached hydrogens (tertiary/aromatic N) is 1. The van der Waals surface area contributed by atoms with Crippen LogP contribution in [0.25, 0.3) is 0 Å². The standard InChI is InChI=1S/C16H25BrN2O3S/c1-13-6-10-19(11-7-13)9-3-8-18-23(20,21)14-4-5-16(22-2)15(17)12-14/h4-5,12-13,18H,3,6-11H2,1-2H3. The maximum absolute atomic E-state index is 12.3. The van der Waals surface area contributed by atoms with E-state index >= 15 is 0 Å². The van der Waals surface area contributed by atoms with E-state index < -0.39 is 10.0 Å². The molecule has 1 aromatic rings. The number of sulfonamides is 1. The molecule has 0 aromatic heterocycles. The van der Waals surface area contributed by atoms with Crippen LogP contribution in [0.5, 0.6) is 5.75 Å². The van der Waals surface area contributed by atoms with Gasteiger partial charge >= 0.3 is 0 Å². The highest BCUT2D eigenvalue weighted by molar-refractivity contribution is 9.10. The van der Waals surface area contributed by atoms with Crippen molar-refractivity contribution in [1.82, 2.24) is 9.62 Å². The SMILES string of the molecule is COc1ccc(S(=O)(=O)NCCCN2CCC(C)CC2)cc1Br. The third-order valence-electron chi connectivity index (χ3n) is 4.25. The number of hydrogen-bond donors (Lipinski definition) is 1. The van der Waals surface area contributed by atoms with Gasteiger partial charge in [-0.25, -0.2) is 13.1 Å². The summed E-state index contributed by atoms with van der Waals surface area (Å²) < 4.78 is 33.0. The minimum absolute atomic E-state index is 0.247. The molecule has 1 aliphatic rings. The van der Waals surface area contributed by atoms with Gasteiger partial charge in [-0.1, -0.05) is 6.92 Å². The van der Waals surface area contributed by atoms with E-state index in [0.29, 0.717) is 16.8 Å². The van der Waals surface area contributed by atoms with Crippen molar-refractivity contribution in [1.29, 1.82) is 0 Å². The number of piperidine rings is 1. The van der Waals surface area contributed by atoms with Crippen molar-refractivity contribution in [2.24, 2.45) is 5.92 Å². The van der Waals surface area contributed by atoms with E-state index in [2.05, 4.69) is 32.5 Å². The lowest BCUT2D eigenvalue weighted by atomic mass is 9.99. The zero-order chi connectivity index (χ0) is 16.9. The molecule has 2 rings (SSSR count). The number of ether oxygens (including phenoxy) is 1. The molecule has 0 spiro atoms. The van der Waals surface area contributed by atoms with Gasteiger partial charge in [0.25, 0.3) is 0 Å². The van der Waals surface area contributed by atoms with E-state index in [4.69, 9.17) is 4.74 Å². The number of benzene rings is 1. The van der Waals surface area contributed by atoms with Gasteiger partial charge in [-0.15, -0.1) is 0 Å². The van der Waals surface area contributed by atoms with Crippen LogP contribution in [0.4, 0.5) is 0 Å².